The van der Waals surface area contributed by atoms with E-state index in [4.69, 9.17) is 4.74 Å². The van der Waals surface area contributed by atoms with E-state index in [9.17, 15) is 4.79 Å². The topological polar surface area (TPSA) is 41.6 Å². The lowest BCUT2D eigenvalue weighted by Crippen LogP contribution is -2.37. The first-order valence-corrected chi connectivity index (χ1v) is 8.62. The number of amides is 1. The van der Waals surface area contributed by atoms with Crippen LogP contribution in [0.1, 0.15) is 45.2 Å². The Hall–Kier alpha value is -0.910. The number of rotatable bonds is 7. The third-order valence-electron chi connectivity index (χ3n) is 3.68. The lowest BCUT2D eigenvalue weighted by Gasteiger charge is -2.26. The maximum atomic E-state index is 12.7. The predicted molar refractivity (Wildman–Crippen MR) is 86.2 cm³/mol. The molecule has 0 aliphatic carbocycles. The number of thiophene rings is 1. The van der Waals surface area contributed by atoms with Gasteiger partial charge in [0.15, 0.2) is 0 Å². The highest BCUT2D eigenvalue weighted by molar-refractivity contribution is 7.10. The summed E-state index contributed by atoms with van der Waals surface area (Å²) in [6.45, 7) is 9.63. The fourth-order valence-electron chi connectivity index (χ4n) is 2.81. The van der Waals surface area contributed by atoms with Crippen molar-refractivity contribution in [2.75, 3.05) is 13.2 Å². The minimum absolute atomic E-state index is 0.0100. The monoisotopic (exact) mass is 310 g/mol. The quantitative estimate of drug-likeness (QED) is 0.842. The molecule has 1 saturated heterocycles. The molecule has 1 amide bonds. The molecule has 1 aliphatic heterocycles. The molecule has 21 heavy (non-hydrogen) atoms. The van der Waals surface area contributed by atoms with Crippen LogP contribution in [0.4, 0.5) is 0 Å². The van der Waals surface area contributed by atoms with Gasteiger partial charge in [0.1, 0.15) is 6.17 Å². The largest absolute Gasteiger partial charge is 0.377 e. The molecule has 1 aromatic rings. The van der Waals surface area contributed by atoms with Gasteiger partial charge in [0.05, 0.1) is 12.1 Å². The Labute approximate surface area is 131 Å². The zero-order valence-corrected chi connectivity index (χ0v) is 14.2. The number of carbonyl (C=O) groups is 1. The van der Waals surface area contributed by atoms with E-state index in [0.29, 0.717) is 19.1 Å². The molecule has 0 radical (unpaired) electrons. The van der Waals surface area contributed by atoms with Gasteiger partial charge in [-0.05, 0) is 37.6 Å². The van der Waals surface area contributed by atoms with E-state index in [1.165, 1.54) is 4.88 Å². The van der Waals surface area contributed by atoms with Crippen LogP contribution in [0.15, 0.2) is 17.5 Å². The van der Waals surface area contributed by atoms with Gasteiger partial charge in [-0.1, -0.05) is 19.9 Å². The SMILES string of the molecule is CCOC(C)CN1C(=O)C(CC(C)C)NC1c1cccs1. The molecule has 0 aromatic carbocycles. The molecule has 4 nitrogen and oxygen atoms in total. The number of ether oxygens (including phenoxy) is 1. The standard InChI is InChI=1S/C16H26N2O2S/c1-5-20-12(4)10-18-15(14-7-6-8-21-14)17-13(16(18)19)9-11(2)3/h6-8,11-13,15,17H,5,9-10H2,1-4H3. The van der Waals surface area contributed by atoms with Gasteiger partial charge in [-0.25, -0.2) is 0 Å². The second-order valence-electron chi connectivity index (χ2n) is 6.02. The Balaban J connectivity index is 2.13. The second-order valence-corrected chi connectivity index (χ2v) is 7.00. The van der Waals surface area contributed by atoms with Crippen LogP contribution in [0.3, 0.4) is 0 Å². The zero-order chi connectivity index (χ0) is 15.4. The first-order valence-electron chi connectivity index (χ1n) is 7.74. The smallest absolute Gasteiger partial charge is 0.241 e. The van der Waals surface area contributed by atoms with Crippen LogP contribution in [0.2, 0.25) is 0 Å². The molecular weight excluding hydrogens is 284 g/mol. The van der Waals surface area contributed by atoms with Crippen molar-refractivity contribution in [2.45, 2.75) is 52.4 Å². The van der Waals surface area contributed by atoms with Crippen LogP contribution < -0.4 is 5.32 Å². The van der Waals surface area contributed by atoms with Crippen molar-refractivity contribution < 1.29 is 9.53 Å². The average molecular weight is 310 g/mol. The molecule has 1 aromatic heterocycles. The molecule has 0 spiro atoms. The van der Waals surface area contributed by atoms with Crippen molar-refractivity contribution in [1.29, 1.82) is 0 Å². The second kappa shape index (κ2) is 7.38. The highest BCUT2D eigenvalue weighted by Gasteiger charge is 2.40. The molecule has 3 atom stereocenters. The van der Waals surface area contributed by atoms with E-state index >= 15 is 0 Å². The number of hydrogen-bond donors (Lipinski definition) is 1. The lowest BCUT2D eigenvalue weighted by atomic mass is 10.0. The van der Waals surface area contributed by atoms with Crippen LogP contribution in [0.5, 0.6) is 0 Å². The van der Waals surface area contributed by atoms with Crippen LogP contribution >= 0.6 is 11.3 Å². The Morgan fingerprint density at radius 2 is 2.19 bits per heavy atom. The number of carbonyl (C=O) groups excluding carboxylic acids is 1. The van der Waals surface area contributed by atoms with Crippen molar-refractivity contribution in [3.63, 3.8) is 0 Å². The van der Waals surface area contributed by atoms with Gasteiger partial charge < -0.3 is 9.64 Å². The van der Waals surface area contributed by atoms with Gasteiger partial charge in [0.25, 0.3) is 0 Å². The third-order valence-corrected chi connectivity index (χ3v) is 4.60. The summed E-state index contributed by atoms with van der Waals surface area (Å²) >= 11 is 1.69. The fourth-order valence-corrected chi connectivity index (χ4v) is 3.61. The van der Waals surface area contributed by atoms with Gasteiger partial charge in [-0.3, -0.25) is 10.1 Å². The molecule has 2 heterocycles. The normalized spacial score (nSPS) is 24.0. The van der Waals surface area contributed by atoms with E-state index in [1.807, 2.05) is 24.8 Å². The molecule has 3 unspecified atom stereocenters. The third kappa shape index (κ3) is 4.05. The zero-order valence-electron chi connectivity index (χ0n) is 13.3. The number of nitrogens with zero attached hydrogens (tertiary/aromatic N) is 1. The van der Waals surface area contributed by atoms with Crippen molar-refractivity contribution >= 4 is 17.2 Å². The van der Waals surface area contributed by atoms with Gasteiger partial charge in [0.2, 0.25) is 5.91 Å². The van der Waals surface area contributed by atoms with E-state index in [1.54, 1.807) is 11.3 Å². The molecule has 2 rings (SSSR count). The van der Waals surface area contributed by atoms with E-state index in [0.717, 1.165) is 6.42 Å². The maximum Gasteiger partial charge on any atom is 0.241 e. The first-order chi connectivity index (χ1) is 10.0. The van der Waals surface area contributed by atoms with E-state index in [2.05, 4.69) is 30.6 Å². The molecule has 1 N–H and O–H groups in total. The molecule has 1 fully saturated rings. The molecule has 1 aliphatic rings. The van der Waals surface area contributed by atoms with Crippen molar-refractivity contribution in [2.24, 2.45) is 5.92 Å². The van der Waals surface area contributed by atoms with Gasteiger partial charge in [-0.15, -0.1) is 11.3 Å². The van der Waals surface area contributed by atoms with Crippen molar-refractivity contribution in [3.8, 4) is 0 Å². The van der Waals surface area contributed by atoms with Crippen LogP contribution in [0.25, 0.3) is 0 Å². The van der Waals surface area contributed by atoms with Crippen molar-refractivity contribution in [3.05, 3.63) is 22.4 Å². The summed E-state index contributed by atoms with van der Waals surface area (Å²) in [5.41, 5.74) is 0. The Morgan fingerprint density at radius 1 is 1.43 bits per heavy atom. The summed E-state index contributed by atoms with van der Waals surface area (Å²) in [5.74, 6) is 0.702. The summed E-state index contributed by atoms with van der Waals surface area (Å²) in [5, 5.41) is 5.56. The fraction of sp³-hybridized carbons (Fsp3) is 0.688. The minimum Gasteiger partial charge on any atom is -0.377 e. The van der Waals surface area contributed by atoms with E-state index < -0.39 is 0 Å². The summed E-state index contributed by atoms with van der Waals surface area (Å²) < 4.78 is 5.62. The molecule has 0 bridgehead atoms. The molecule has 118 valence electrons. The van der Waals surface area contributed by atoms with Crippen molar-refractivity contribution in [1.82, 2.24) is 10.2 Å². The Morgan fingerprint density at radius 3 is 2.76 bits per heavy atom. The van der Waals surface area contributed by atoms with Gasteiger partial charge >= 0.3 is 0 Å². The van der Waals surface area contributed by atoms with Gasteiger partial charge in [0, 0.05) is 18.0 Å². The lowest BCUT2D eigenvalue weighted by molar-refractivity contribution is -0.132. The molecule has 0 saturated carbocycles. The highest BCUT2D eigenvalue weighted by atomic mass is 32.1. The molecular formula is C16H26N2O2S. The Bertz CT molecular complexity index is 447. The summed E-state index contributed by atoms with van der Waals surface area (Å²) in [6, 6.07) is 4.04. The minimum atomic E-state index is -0.0778. The van der Waals surface area contributed by atoms with Crippen LogP contribution in [-0.2, 0) is 9.53 Å². The average Bonchev–Trinajstić information content (AvgIpc) is 3.02. The summed E-state index contributed by atoms with van der Waals surface area (Å²) in [7, 11) is 0. The highest BCUT2D eigenvalue weighted by Crippen LogP contribution is 2.30. The van der Waals surface area contributed by atoms with Gasteiger partial charge in [-0.2, -0.15) is 0 Å². The van der Waals surface area contributed by atoms with Crippen LogP contribution in [-0.4, -0.2) is 36.1 Å². The first kappa shape index (κ1) is 16.5. The van der Waals surface area contributed by atoms with E-state index in [-0.39, 0.29) is 24.2 Å². The molecule has 5 heteroatoms. The Kier molecular flexibility index (Phi) is 5.79. The summed E-state index contributed by atoms with van der Waals surface area (Å²) in [6.07, 6.45) is 0.922. The number of hydrogen-bond acceptors (Lipinski definition) is 4. The summed E-state index contributed by atoms with van der Waals surface area (Å²) in [4.78, 5) is 15.8. The number of nitrogens with one attached hydrogen (secondary N) is 1. The van der Waals surface area contributed by atoms with Crippen LogP contribution in [0, 0.1) is 5.92 Å². The predicted octanol–water partition coefficient (Wildman–Crippen LogP) is 3.02. The maximum absolute atomic E-state index is 12.7.